The van der Waals surface area contributed by atoms with Crippen LogP contribution in [-0.2, 0) is 16.0 Å². The summed E-state index contributed by atoms with van der Waals surface area (Å²) in [7, 11) is 2.54. The first-order chi connectivity index (χ1) is 15.2. The van der Waals surface area contributed by atoms with E-state index in [1.54, 1.807) is 36.1 Å². The van der Waals surface area contributed by atoms with E-state index >= 15 is 0 Å². The van der Waals surface area contributed by atoms with Crippen molar-refractivity contribution >= 4 is 74.5 Å². The van der Waals surface area contributed by atoms with E-state index < -0.39 is 11.9 Å². The summed E-state index contributed by atoms with van der Waals surface area (Å²) in [5.74, 6) is -1.14. The van der Waals surface area contributed by atoms with Gasteiger partial charge in [-0.2, -0.15) is 5.10 Å². The minimum atomic E-state index is -0.589. The fourth-order valence-corrected chi connectivity index (χ4v) is 4.56. The number of ether oxygens (including phenoxy) is 2. The molecular formula is C20H18Cl2N4O4S2. The number of esters is 2. The summed E-state index contributed by atoms with van der Waals surface area (Å²) in [6.07, 6.45) is 3.36. The monoisotopic (exact) mass is 512 g/mol. The molecule has 0 aliphatic carbocycles. The van der Waals surface area contributed by atoms with Crippen LogP contribution in [0.15, 0.2) is 30.6 Å². The molecule has 32 heavy (non-hydrogen) atoms. The molecule has 0 saturated carbocycles. The highest BCUT2D eigenvalue weighted by molar-refractivity contribution is 7.80. The second kappa shape index (κ2) is 10.3. The lowest BCUT2D eigenvalue weighted by molar-refractivity contribution is 0.0601. The molecule has 1 aromatic carbocycles. The normalized spacial score (nSPS) is 10.5. The molecule has 0 aliphatic heterocycles. The summed E-state index contributed by atoms with van der Waals surface area (Å²) in [6, 6.07) is 5.37. The highest BCUT2D eigenvalue weighted by Gasteiger charge is 2.26. The van der Waals surface area contributed by atoms with Gasteiger partial charge in [0.05, 0.1) is 48.3 Å². The molecule has 0 amide bonds. The van der Waals surface area contributed by atoms with Gasteiger partial charge in [0.15, 0.2) is 5.11 Å². The van der Waals surface area contributed by atoms with E-state index in [1.807, 2.05) is 6.07 Å². The van der Waals surface area contributed by atoms with Crippen LogP contribution in [0.25, 0.3) is 0 Å². The number of rotatable bonds is 6. The molecule has 0 atom stereocenters. The number of benzene rings is 1. The molecule has 3 rings (SSSR count). The summed E-state index contributed by atoms with van der Waals surface area (Å²) < 4.78 is 11.3. The Morgan fingerprint density at radius 1 is 1.16 bits per heavy atom. The predicted molar refractivity (Wildman–Crippen MR) is 129 cm³/mol. The molecule has 168 valence electrons. The Morgan fingerprint density at radius 3 is 2.53 bits per heavy atom. The van der Waals surface area contributed by atoms with E-state index in [0.717, 1.165) is 16.9 Å². The highest BCUT2D eigenvalue weighted by Crippen LogP contribution is 2.34. The Balaban J connectivity index is 1.73. The quantitative estimate of drug-likeness (QED) is 0.352. The van der Waals surface area contributed by atoms with E-state index in [1.165, 1.54) is 14.2 Å². The molecule has 0 spiro atoms. The van der Waals surface area contributed by atoms with E-state index in [-0.39, 0.29) is 15.6 Å². The van der Waals surface area contributed by atoms with Crippen molar-refractivity contribution in [3.8, 4) is 0 Å². The van der Waals surface area contributed by atoms with Crippen molar-refractivity contribution in [1.82, 2.24) is 9.78 Å². The topological polar surface area (TPSA) is 94.5 Å². The van der Waals surface area contributed by atoms with Crippen molar-refractivity contribution in [1.29, 1.82) is 0 Å². The number of methoxy groups -OCH3 is 2. The summed E-state index contributed by atoms with van der Waals surface area (Å²) >= 11 is 18.4. The SMILES string of the molecule is COC(=O)c1sc(NC(=S)Nc2cnn(Cc3ccc(Cl)c(Cl)c3)c2)c(C(=O)OC)c1C. The number of carbonyl (C=O) groups excluding carboxylic acids is 2. The standard InChI is InChI=1S/C20H18Cl2N4O4S2/c1-10-15(18(27)29-2)17(32-16(10)19(28)30-3)25-20(31)24-12-7-23-26(9-12)8-11-4-5-13(21)14(22)6-11/h4-7,9H,8H2,1-3H3,(H2,24,25,31). The lowest BCUT2D eigenvalue weighted by atomic mass is 10.1. The van der Waals surface area contributed by atoms with Gasteiger partial charge in [-0.15, -0.1) is 11.3 Å². The Hall–Kier alpha value is -2.66. The van der Waals surface area contributed by atoms with Gasteiger partial charge in [0, 0.05) is 6.20 Å². The lowest BCUT2D eigenvalue weighted by Gasteiger charge is -2.09. The number of nitrogens with zero attached hydrogens (tertiary/aromatic N) is 2. The zero-order chi connectivity index (χ0) is 23.4. The van der Waals surface area contributed by atoms with Crippen LogP contribution in [0.4, 0.5) is 10.7 Å². The maximum atomic E-state index is 12.2. The van der Waals surface area contributed by atoms with Gasteiger partial charge in [0.1, 0.15) is 9.88 Å². The number of thiocarbonyl (C=S) groups is 1. The van der Waals surface area contributed by atoms with Crippen LogP contribution in [-0.4, -0.2) is 41.1 Å². The number of halogens is 2. The van der Waals surface area contributed by atoms with Crippen LogP contribution in [0.1, 0.15) is 31.2 Å². The number of thiophene rings is 1. The van der Waals surface area contributed by atoms with Crippen LogP contribution < -0.4 is 10.6 Å². The Bertz CT molecular complexity index is 1190. The minimum absolute atomic E-state index is 0.210. The number of aromatic nitrogens is 2. The number of carbonyl (C=O) groups is 2. The van der Waals surface area contributed by atoms with Gasteiger partial charge in [0.2, 0.25) is 0 Å². The molecule has 2 N–H and O–H groups in total. The van der Waals surface area contributed by atoms with Crippen LogP contribution in [0, 0.1) is 6.92 Å². The molecule has 0 fully saturated rings. The third kappa shape index (κ3) is 5.39. The maximum Gasteiger partial charge on any atom is 0.348 e. The molecule has 0 radical (unpaired) electrons. The summed E-state index contributed by atoms with van der Waals surface area (Å²) in [5, 5.41) is 11.8. The largest absolute Gasteiger partial charge is 0.465 e. The molecule has 3 aromatic rings. The van der Waals surface area contributed by atoms with Gasteiger partial charge in [-0.3, -0.25) is 4.68 Å². The average Bonchev–Trinajstić information content (AvgIpc) is 3.33. The average molecular weight is 513 g/mol. The highest BCUT2D eigenvalue weighted by atomic mass is 35.5. The zero-order valence-electron chi connectivity index (χ0n) is 17.2. The van der Waals surface area contributed by atoms with Gasteiger partial charge in [-0.1, -0.05) is 29.3 Å². The van der Waals surface area contributed by atoms with Crippen LogP contribution >= 0.6 is 46.8 Å². The summed E-state index contributed by atoms with van der Waals surface area (Å²) in [6.45, 7) is 2.13. The third-order valence-corrected chi connectivity index (χ3v) is 6.48. The zero-order valence-corrected chi connectivity index (χ0v) is 20.3. The molecule has 0 saturated heterocycles. The number of anilines is 2. The first-order valence-electron chi connectivity index (χ1n) is 9.07. The first kappa shape index (κ1) is 24.0. The van der Waals surface area contributed by atoms with E-state index in [4.69, 9.17) is 44.9 Å². The van der Waals surface area contributed by atoms with Crippen molar-refractivity contribution in [2.75, 3.05) is 24.9 Å². The molecular weight excluding hydrogens is 495 g/mol. The van der Waals surface area contributed by atoms with Crippen molar-refractivity contribution in [2.45, 2.75) is 13.5 Å². The second-order valence-corrected chi connectivity index (χ2v) is 8.74. The van der Waals surface area contributed by atoms with Crippen LogP contribution in [0.2, 0.25) is 10.0 Å². The molecule has 0 unspecified atom stereocenters. The fraction of sp³-hybridized carbons (Fsp3) is 0.200. The molecule has 12 heteroatoms. The van der Waals surface area contributed by atoms with Gasteiger partial charge < -0.3 is 20.1 Å². The smallest absolute Gasteiger partial charge is 0.348 e. The van der Waals surface area contributed by atoms with Crippen molar-refractivity contribution < 1.29 is 19.1 Å². The molecule has 0 bridgehead atoms. The maximum absolute atomic E-state index is 12.2. The van der Waals surface area contributed by atoms with Gasteiger partial charge >= 0.3 is 11.9 Å². The van der Waals surface area contributed by atoms with Crippen molar-refractivity contribution in [3.63, 3.8) is 0 Å². The third-order valence-electron chi connectivity index (χ3n) is 4.35. The van der Waals surface area contributed by atoms with Crippen LogP contribution in [0.5, 0.6) is 0 Å². The Morgan fingerprint density at radius 2 is 1.88 bits per heavy atom. The fourth-order valence-electron chi connectivity index (χ4n) is 2.84. The van der Waals surface area contributed by atoms with E-state index in [2.05, 4.69) is 15.7 Å². The second-order valence-electron chi connectivity index (χ2n) is 6.50. The number of hydrogen-bond acceptors (Lipinski definition) is 7. The number of hydrogen-bond donors (Lipinski definition) is 2. The van der Waals surface area contributed by atoms with E-state index in [9.17, 15) is 9.59 Å². The van der Waals surface area contributed by atoms with E-state index in [0.29, 0.717) is 32.8 Å². The van der Waals surface area contributed by atoms with Crippen molar-refractivity contribution in [3.05, 3.63) is 62.2 Å². The summed E-state index contributed by atoms with van der Waals surface area (Å²) in [4.78, 5) is 24.5. The van der Waals surface area contributed by atoms with Crippen LogP contribution in [0.3, 0.4) is 0 Å². The van der Waals surface area contributed by atoms with Gasteiger partial charge in [0.25, 0.3) is 0 Å². The van der Waals surface area contributed by atoms with Gasteiger partial charge in [-0.25, -0.2) is 9.59 Å². The first-order valence-corrected chi connectivity index (χ1v) is 11.1. The van der Waals surface area contributed by atoms with Crippen molar-refractivity contribution in [2.24, 2.45) is 0 Å². The predicted octanol–water partition coefficient (Wildman–Crippen LogP) is 4.99. The molecule has 8 nitrogen and oxygen atoms in total. The minimum Gasteiger partial charge on any atom is -0.465 e. The molecule has 2 heterocycles. The summed E-state index contributed by atoms with van der Waals surface area (Å²) in [5.41, 5.74) is 2.23. The Labute approximate surface area is 203 Å². The molecule has 2 aromatic heterocycles. The lowest BCUT2D eigenvalue weighted by Crippen LogP contribution is -2.20. The number of nitrogens with one attached hydrogen (secondary N) is 2. The van der Waals surface area contributed by atoms with Gasteiger partial charge in [-0.05, 0) is 42.4 Å². The molecule has 0 aliphatic rings. The Kier molecular flexibility index (Phi) is 7.73.